The molecule has 0 unspecified atom stereocenters. The summed E-state index contributed by atoms with van der Waals surface area (Å²) in [5.74, 6) is 0.599. The van der Waals surface area contributed by atoms with Crippen molar-refractivity contribution in [3.05, 3.63) is 0 Å². The maximum absolute atomic E-state index is 11.7. The van der Waals surface area contributed by atoms with Crippen LogP contribution in [-0.2, 0) is 9.53 Å². The topological polar surface area (TPSA) is 26.3 Å². The maximum atomic E-state index is 11.7. The fourth-order valence-corrected chi connectivity index (χ4v) is 3.88. The van der Waals surface area contributed by atoms with E-state index in [-0.39, 0.29) is 12.1 Å². The Morgan fingerprint density at radius 3 is 2.53 bits per heavy atom. The highest BCUT2D eigenvalue weighted by Crippen LogP contribution is 2.66. The minimum Gasteiger partial charge on any atom is -0.462 e. The van der Waals surface area contributed by atoms with Gasteiger partial charge in [-0.25, -0.2) is 0 Å². The molecule has 0 aromatic rings. The molecule has 2 fully saturated rings. The van der Waals surface area contributed by atoms with Gasteiger partial charge in [0.05, 0.1) is 0 Å². The molecular formula is C15H26O2. The second-order valence-corrected chi connectivity index (χ2v) is 6.76. The second kappa shape index (κ2) is 4.29. The number of unbranched alkanes of at least 4 members (excludes halogenated alkanes) is 1. The van der Waals surface area contributed by atoms with Crippen LogP contribution in [0.2, 0.25) is 0 Å². The van der Waals surface area contributed by atoms with Gasteiger partial charge in [0, 0.05) is 12.3 Å². The Labute approximate surface area is 105 Å². The largest absolute Gasteiger partial charge is 0.462 e. The number of carbonyl (C=O) groups is 1. The second-order valence-electron chi connectivity index (χ2n) is 6.76. The highest BCUT2D eigenvalue weighted by molar-refractivity contribution is 5.69. The zero-order valence-corrected chi connectivity index (χ0v) is 11.7. The predicted molar refractivity (Wildman–Crippen MR) is 68.6 cm³/mol. The van der Waals surface area contributed by atoms with Gasteiger partial charge < -0.3 is 4.74 Å². The molecule has 0 radical (unpaired) electrons. The van der Waals surface area contributed by atoms with Crippen molar-refractivity contribution < 1.29 is 9.53 Å². The number of esters is 1. The van der Waals surface area contributed by atoms with Crippen molar-refractivity contribution in [1.29, 1.82) is 0 Å². The molecule has 2 heteroatoms. The van der Waals surface area contributed by atoms with Gasteiger partial charge in [-0.1, -0.05) is 34.1 Å². The van der Waals surface area contributed by atoms with Crippen LogP contribution in [0.15, 0.2) is 0 Å². The number of ether oxygens (including phenoxy) is 1. The first-order chi connectivity index (χ1) is 7.90. The van der Waals surface area contributed by atoms with Crippen LogP contribution in [0.25, 0.3) is 0 Å². The Hall–Kier alpha value is -0.530. The van der Waals surface area contributed by atoms with Gasteiger partial charge in [0.2, 0.25) is 0 Å². The molecule has 2 bridgehead atoms. The fourth-order valence-electron chi connectivity index (χ4n) is 3.88. The Balaban J connectivity index is 1.95. The van der Waals surface area contributed by atoms with E-state index in [1.165, 1.54) is 12.8 Å². The molecule has 0 heterocycles. The summed E-state index contributed by atoms with van der Waals surface area (Å²) in [6.07, 6.45) is 6.40. The Bertz CT molecular complexity index is 305. The summed E-state index contributed by atoms with van der Waals surface area (Å²) in [6.45, 7) is 9.18. The monoisotopic (exact) mass is 238 g/mol. The van der Waals surface area contributed by atoms with E-state index in [9.17, 15) is 4.79 Å². The van der Waals surface area contributed by atoms with Gasteiger partial charge in [0.25, 0.3) is 0 Å². The van der Waals surface area contributed by atoms with E-state index in [2.05, 4.69) is 27.7 Å². The lowest BCUT2D eigenvalue weighted by atomic mass is 9.71. The minimum absolute atomic E-state index is 0.0174. The van der Waals surface area contributed by atoms with E-state index in [0.717, 1.165) is 19.3 Å². The summed E-state index contributed by atoms with van der Waals surface area (Å²) in [5, 5.41) is 0. The van der Waals surface area contributed by atoms with Crippen LogP contribution in [0.4, 0.5) is 0 Å². The van der Waals surface area contributed by atoms with E-state index in [1.54, 1.807) is 0 Å². The summed E-state index contributed by atoms with van der Waals surface area (Å²) in [7, 11) is 0. The zero-order valence-electron chi connectivity index (χ0n) is 11.7. The molecule has 2 rings (SSSR count). The number of rotatable bonds is 4. The van der Waals surface area contributed by atoms with Gasteiger partial charge in [-0.3, -0.25) is 4.79 Å². The lowest BCUT2D eigenvalue weighted by Crippen LogP contribution is -2.27. The summed E-state index contributed by atoms with van der Waals surface area (Å²) < 4.78 is 5.71. The molecule has 2 aliphatic carbocycles. The highest BCUT2D eigenvalue weighted by Gasteiger charge is 2.61. The van der Waals surface area contributed by atoms with Gasteiger partial charge in [-0.2, -0.15) is 0 Å². The molecule has 2 nitrogen and oxygen atoms in total. The molecule has 0 saturated heterocycles. The molecule has 98 valence electrons. The highest BCUT2D eigenvalue weighted by atomic mass is 16.5. The normalized spacial score (nSPS) is 38.4. The number of hydrogen-bond donors (Lipinski definition) is 0. The molecule has 0 aromatic heterocycles. The van der Waals surface area contributed by atoms with Crippen molar-refractivity contribution in [2.75, 3.05) is 0 Å². The van der Waals surface area contributed by atoms with Crippen LogP contribution in [0, 0.1) is 16.7 Å². The molecule has 0 spiro atoms. The molecule has 0 amide bonds. The lowest BCUT2D eigenvalue weighted by Gasteiger charge is -2.33. The first-order valence-corrected chi connectivity index (χ1v) is 7.10. The molecule has 0 aliphatic heterocycles. The third kappa shape index (κ3) is 2.00. The summed E-state index contributed by atoms with van der Waals surface area (Å²) >= 11 is 0. The lowest BCUT2D eigenvalue weighted by molar-refractivity contribution is -0.152. The summed E-state index contributed by atoms with van der Waals surface area (Å²) in [4.78, 5) is 11.7. The van der Waals surface area contributed by atoms with Crippen molar-refractivity contribution in [2.45, 2.75) is 72.3 Å². The molecule has 0 N–H and O–H groups in total. The Kier molecular flexibility index (Phi) is 3.26. The average Bonchev–Trinajstić information content (AvgIpc) is 2.57. The van der Waals surface area contributed by atoms with Gasteiger partial charge in [0.1, 0.15) is 6.10 Å². The van der Waals surface area contributed by atoms with Gasteiger partial charge in [-0.05, 0) is 36.5 Å². The van der Waals surface area contributed by atoms with E-state index in [1.807, 2.05) is 0 Å². The van der Waals surface area contributed by atoms with Crippen molar-refractivity contribution >= 4 is 5.97 Å². The summed E-state index contributed by atoms with van der Waals surface area (Å²) in [5.41, 5.74) is 0.718. The third-order valence-corrected chi connectivity index (χ3v) is 5.61. The van der Waals surface area contributed by atoms with E-state index >= 15 is 0 Å². The third-order valence-electron chi connectivity index (χ3n) is 5.61. The van der Waals surface area contributed by atoms with Gasteiger partial charge >= 0.3 is 5.97 Å². The van der Waals surface area contributed by atoms with Crippen LogP contribution in [-0.4, -0.2) is 12.1 Å². The van der Waals surface area contributed by atoms with E-state index in [0.29, 0.717) is 23.2 Å². The molecule has 2 saturated carbocycles. The van der Waals surface area contributed by atoms with Crippen LogP contribution < -0.4 is 0 Å². The molecular weight excluding hydrogens is 212 g/mol. The van der Waals surface area contributed by atoms with E-state index in [4.69, 9.17) is 4.74 Å². The number of hydrogen-bond acceptors (Lipinski definition) is 2. The Morgan fingerprint density at radius 1 is 1.35 bits per heavy atom. The first-order valence-electron chi connectivity index (χ1n) is 7.10. The standard InChI is InChI=1S/C15H26O2/c1-5-6-7-13(16)17-12-10-15(4)9-8-11(12)14(15,2)3/h11-12H,5-10H2,1-4H3/t11-,12+,15+/m1/s1. The maximum Gasteiger partial charge on any atom is 0.306 e. The predicted octanol–water partition coefficient (Wildman–Crippen LogP) is 3.93. The van der Waals surface area contributed by atoms with Crippen LogP contribution in [0.1, 0.15) is 66.2 Å². The van der Waals surface area contributed by atoms with E-state index < -0.39 is 0 Å². The van der Waals surface area contributed by atoms with Crippen LogP contribution in [0.5, 0.6) is 0 Å². The van der Waals surface area contributed by atoms with Crippen molar-refractivity contribution in [2.24, 2.45) is 16.7 Å². The fraction of sp³-hybridized carbons (Fsp3) is 0.933. The minimum atomic E-state index is 0.0174. The first kappa shape index (κ1) is 12.9. The number of fused-ring (bicyclic) bond motifs is 2. The van der Waals surface area contributed by atoms with Crippen molar-refractivity contribution in [1.82, 2.24) is 0 Å². The zero-order chi connectivity index (χ0) is 12.7. The SMILES string of the molecule is CCCCC(=O)O[C@H]1C[C@]2(C)CC[C@H]1C2(C)C. The van der Waals surface area contributed by atoms with Crippen molar-refractivity contribution in [3.63, 3.8) is 0 Å². The molecule has 2 aliphatic rings. The summed E-state index contributed by atoms with van der Waals surface area (Å²) in [6, 6.07) is 0. The average molecular weight is 238 g/mol. The van der Waals surface area contributed by atoms with Crippen molar-refractivity contribution in [3.8, 4) is 0 Å². The molecule has 17 heavy (non-hydrogen) atoms. The quantitative estimate of drug-likeness (QED) is 0.694. The van der Waals surface area contributed by atoms with Gasteiger partial charge in [-0.15, -0.1) is 0 Å². The van der Waals surface area contributed by atoms with Crippen LogP contribution in [0.3, 0.4) is 0 Å². The van der Waals surface area contributed by atoms with Crippen LogP contribution >= 0.6 is 0 Å². The van der Waals surface area contributed by atoms with Gasteiger partial charge in [0.15, 0.2) is 0 Å². The number of carbonyl (C=O) groups excluding carboxylic acids is 1. The smallest absolute Gasteiger partial charge is 0.306 e. The molecule has 3 atom stereocenters. The Morgan fingerprint density at radius 2 is 2.06 bits per heavy atom. The molecule has 0 aromatic carbocycles.